The summed E-state index contributed by atoms with van der Waals surface area (Å²) in [5, 5.41) is 6.32. The minimum absolute atomic E-state index is 0.135. The molecule has 0 saturated heterocycles. The zero-order chi connectivity index (χ0) is 12.5. The number of carbonyl (C=O) groups is 1. The van der Waals surface area contributed by atoms with E-state index in [1.165, 1.54) is 32.1 Å². The molecule has 0 aromatic rings. The van der Waals surface area contributed by atoms with Gasteiger partial charge in [-0.05, 0) is 31.7 Å². The first kappa shape index (κ1) is 14.8. The Morgan fingerprint density at radius 3 is 2.71 bits per heavy atom. The Bertz CT molecular complexity index is 217. The van der Waals surface area contributed by atoms with Gasteiger partial charge in [-0.3, -0.25) is 4.79 Å². The second kappa shape index (κ2) is 8.81. The number of nitrogens with one attached hydrogen (secondary N) is 2. The minimum Gasteiger partial charge on any atom is -0.358 e. The molecule has 17 heavy (non-hydrogen) atoms. The van der Waals surface area contributed by atoms with Gasteiger partial charge in [-0.1, -0.05) is 19.8 Å². The molecule has 0 aliphatic heterocycles. The molecule has 1 amide bonds. The van der Waals surface area contributed by atoms with Crippen LogP contribution in [0.1, 0.15) is 39.0 Å². The quantitative estimate of drug-likeness (QED) is 0.700. The Hall–Kier alpha value is -0.220. The van der Waals surface area contributed by atoms with Crippen LogP contribution in [0.25, 0.3) is 0 Å². The van der Waals surface area contributed by atoms with E-state index in [0.29, 0.717) is 11.8 Å². The van der Waals surface area contributed by atoms with Gasteiger partial charge in [0.05, 0.1) is 5.75 Å². The van der Waals surface area contributed by atoms with Crippen molar-refractivity contribution in [3.63, 3.8) is 0 Å². The first-order valence-corrected chi connectivity index (χ1v) is 7.95. The van der Waals surface area contributed by atoms with Crippen LogP contribution in [0, 0.1) is 5.92 Å². The SMILES string of the molecule is CCCNC(CSCC(=O)NC)C1CCCC1. The van der Waals surface area contributed by atoms with E-state index in [-0.39, 0.29) is 5.91 Å². The maximum absolute atomic E-state index is 11.2. The molecule has 1 saturated carbocycles. The molecule has 0 radical (unpaired) electrons. The number of thioether (sulfide) groups is 1. The molecule has 1 aliphatic rings. The zero-order valence-corrected chi connectivity index (χ0v) is 11.9. The van der Waals surface area contributed by atoms with Crippen LogP contribution in [0.15, 0.2) is 0 Å². The number of hydrogen-bond acceptors (Lipinski definition) is 3. The third-order valence-electron chi connectivity index (χ3n) is 3.43. The lowest BCUT2D eigenvalue weighted by atomic mass is 10.00. The highest BCUT2D eigenvalue weighted by Gasteiger charge is 2.24. The molecular weight excluding hydrogens is 232 g/mol. The molecule has 3 nitrogen and oxygen atoms in total. The van der Waals surface area contributed by atoms with Crippen molar-refractivity contribution in [2.75, 3.05) is 25.1 Å². The molecule has 1 fully saturated rings. The van der Waals surface area contributed by atoms with Crippen molar-refractivity contribution < 1.29 is 4.79 Å². The van der Waals surface area contributed by atoms with Gasteiger partial charge < -0.3 is 10.6 Å². The van der Waals surface area contributed by atoms with E-state index in [1.54, 1.807) is 18.8 Å². The summed E-state index contributed by atoms with van der Waals surface area (Å²) in [5.74, 6) is 2.63. The number of amides is 1. The van der Waals surface area contributed by atoms with Crippen LogP contribution < -0.4 is 10.6 Å². The van der Waals surface area contributed by atoms with Crippen molar-refractivity contribution in [1.29, 1.82) is 0 Å². The average molecular weight is 258 g/mol. The topological polar surface area (TPSA) is 41.1 Å². The van der Waals surface area contributed by atoms with Crippen LogP contribution in [0.2, 0.25) is 0 Å². The monoisotopic (exact) mass is 258 g/mol. The fourth-order valence-electron chi connectivity index (χ4n) is 2.40. The zero-order valence-electron chi connectivity index (χ0n) is 11.1. The summed E-state index contributed by atoms with van der Waals surface area (Å²) in [4.78, 5) is 11.2. The predicted octanol–water partition coefficient (Wildman–Crippen LogP) is 2.02. The third kappa shape index (κ3) is 5.77. The molecule has 100 valence electrons. The molecule has 1 unspecified atom stereocenters. The van der Waals surface area contributed by atoms with Crippen LogP contribution in [0.3, 0.4) is 0 Å². The molecule has 1 rings (SSSR count). The van der Waals surface area contributed by atoms with Crippen molar-refractivity contribution in [3.8, 4) is 0 Å². The normalized spacial score (nSPS) is 18.2. The molecule has 0 bridgehead atoms. The van der Waals surface area contributed by atoms with E-state index < -0.39 is 0 Å². The largest absolute Gasteiger partial charge is 0.358 e. The maximum Gasteiger partial charge on any atom is 0.229 e. The molecule has 0 heterocycles. The lowest BCUT2D eigenvalue weighted by molar-refractivity contribution is -0.118. The smallest absolute Gasteiger partial charge is 0.229 e. The highest BCUT2D eigenvalue weighted by Crippen LogP contribution is 2.29. The Morgan fingerprint density at radius 1 is 1.41 bits per heavy atom. The molecule has 1 atom stereocenters. The van der Waals surface area contributed by atoms with Crippen LogP contribution in [-0.2, 0) is 4.79 Å². The van der Waals surface area contributed by atoms with Gasteiger partial charge in [-0.2, -0.15) is 11.8 Å². The van der Waals surface area contributed by atoms with E-state index in [4.69, 9.17) is 0 Å². The van der Waals surface area contributed by atoms with E-state index >= 15 is 0 Å². The van der Waals surface area contributed by atoms with Crippen LogP contribution in [0.5, 0.6) is 0 Å². The second-order valence-corrected chi connectivity index (χ2v) is 5.82. The van der Waals surface area contributed by atoms with Crippen LogP contribution in [0.4, 0.5) is 0 Å². The summed E-state index contributed by atoms with van der Waals surface area (Å²) in [6.45, 7) is 3.30. The predicted molar refractivity (Wildman–Crippen MR) is 75.4 cm³/mol. The average Bonchev–Trinajstić information content (AvgIpc) is 2.86. The third-order valence-corrected chi connectivity index (χ3v) is 4.50. The first-order valence-electron chi connectivity index (χ1n) is 6.79. The Morgan fingerprint density at radius 2 is 2.12 bits per heavy atom. The van der Waals surface area contributed by atoms with Crippen LogP contribution in [-0.4, -0.2) is 37.0 Å². The maximum atomic E-state index is 11.2. The minimum atomic E-state index is 0.135. The highest BCUT2D eigenvalue weighted by atomic mass is 32.2. The van der Waals surface area contributed by atoms with Crippen molar-refractivity contribution >= 4 is 17.7 Å². The van der Waals surface area contributed by atoms with E-state index in [2.05, 4.69) is 17.6 Å². The summed E-state index contributed by atoms with van der Waals surface area (Å²) in [5.41, 5.74) is 0. The van der Waals surface area contributed by atoms with Crippen molar-refractivity contribution in [2.24, 2.45) is 5.92 Å². The van der Waals surface area contributed by atoms with Gasteiger partial charge in [0.25, 0.3) is 0 Å². The Labute approximate surface area is 109 Å². The summed E-state index contributed by atoms with van der Waals surface area (Å²) in [6, 6.07) is 0.604. The molecule has 4 heteroatoms. The van der Waals surface area contributed by atoms with E-state index in [9.17, 15) is 4.79 Å². The fourth-order valence-corrected chi connectivity index (χ4v) is 3.49. The molecule has 2 N–H and O–H groups in total. The van der Waals surface area contributed by atoms with Gasteiger partial charge >= 0.3 is 0 Å². The first-order chi connectivity index (χ1) is 8.27. The summed E-state index contributed by atoms with van der Waals surface area (Å²) in [7, 11) is 1.70. The summed E-state index contributed by atoms with van der Waals surface area (Å²) in [6.07, 6.45) is 6.68. The van der Waals surface area contributed by atoms with Crippen molar-refractivity contribution in [3.05, 3.63) is 0 Å². The molecule has 0 aromatic heterocycles. The van der Waals surface area contributed by atoms with E-state index in [0.717, 1.165) is 18.2 Å². The van der Waals surface area contributed by atoms with Crippen molar-refractivity contribution in [2.45, 2.75) is 45.1 Å². The number of hydrogen-bond donors (Lipinski definition) is 2. The van der Waals surface area contributed by atoms with Gasteiger partial charge in [-0.15, -0.1) is 0 Å². The van der Waals surface area contributed by atoms with Crippen molar-refractivity contribution in [1.82, 2.24) is 10.6 Å². The molecular formula is C13H26N2OS. The molecule has 1 aliphatic carbocycles. The number of rotatable bonds is 8. The van der Waals surface area contributed by atoms with Crippen LogP contribution >= 0.6 is 11.8 Å². The Balaban J connectivity index is 2.26. The lowest BCUT2D eigenvalue weighted by Gasteiger charge is -2.24. The molecule has 0 aromatic carbocycles. The summed E-state index contributed by atoms with van der Waals surface area (Å²) >= 11 is 1.76. The second-order valence-electron chi connectivity index (χ2n) is 4.79. The Kier molecular flexibility index (Phi) is 7.69. The summed E-state index contributed by atoms with van der Waals surface area (Å²) < 4.78 is 0. The van der Waals surface area contributed by atoms with Gasteiger partial charge in [0.1, 0.15) is 0 Å². The standard InChI is InChI=1S/C13H26N2OS/c1-3-8-15-12(11-6-4-5-7-11)9-17-10-13(16)14-2/h11-12,15H,3-10H2,1-2H3,(H,14,16). The van der Waals surface area contributed by atoms with E-state index in [1.807, 2.05) is 0 Å². The molecule has 0 spiro atoms. The van der Waals surface area contributed by atoms with Gasteiger partial charge in [0.2, 0.25) is 5.91 Å². The van der Waals surface area contributed by atoms with Gasteiger partial charge in [0.15, 0.2) is 0 Å². The lowest BCUT2D eigenvalue weighted by Crippen LogP contribution is -2.38. The van der Waals surface area contributed by atoms with Gasteiger partial charge in [0, 0.05) is 18.8 Å². The number of carbonyl (C=O) groups excluding carboxylic acids is 1. The van der Waals surface area contributed by atoms with Gasteiger partial charge in [-0.25, -0.2) is 0 Å². The fraction of sp³-hybridized carbons (Fsp3) is 0.923. The highest BCUT2D eigenvalue weighted by molar-refractivity contribution is 8.00.